The summed E-state index contributed by atoms with van der Waals surface area (Å²) in [5, 5.41) is 5.04. The van der Waals surface area contributed by atoms with Gasteiger partial charge in [-0.15, -0.1) is 0 Å². The Balaban J connectivity index is 1.42. The van der Waals surface area contributed by atoms with Gasteiger partial charge in [0.1, 0.15) is 18.2 Å². The van der Waals surface area contributed by atoms with Crippen molar-refractivity contribution in [2.24, 2.45) is 0 Å². The van der Waals surface area contributed by atoms with Gasteiger partial charge in [0.25, 0.3) is 0 Å². The third kappa shape index (κ3) is 4.80. The molecule has 0 unspecified atom stereocenters. The highest BCUT2D eigenvalue weighted by Gasteiger charge is 2.04. The molecule has 0 saturated heterocycles. The first-order valence-corrected chi connectivity index (χ1v) is 8.34. The van der Waals surface area contributed by atoms with Gasteiger partial charge in [-0.1, -0.05) is 48.5 Å². The lowest BCUT2D eigenvalue weighted by Crippen LogP contribution is -2.28. The largest absolute Gasteiger partial charge is 0.491 e. The van der Waals surface area contributed by atoms with Gasteiger partial charge in [-0.25, -0.2) is 4.39 Å². The SMILES string of the molecule is O=C(CCc1ccc(F)cc1)NCCOc1cccc2ccccc12. The number of halogens is 1. The number of benzene rings is 3. The fraction of sp³-hybridized carbons (Fsp3) is 0.190. The van der Waals surface area contributed by atoms with Crippen LogP contribution in [0.25, 0.3) is 10.8 Å². The van der Waals surface area contributed by atoms with Crippen molar-refractivity contribution in [1.82, 2.24) is 5.32 Å². The molecule has 0 radical (unpaired) electrons. The predicted molar refractivity (Wildman–Crippen MR) is 97.2 cm³/mol. The van der Waals surface area contributed by atoms with Crippen LogP contribution in [0, 0.1) is 5.82 Å². The van der Waals surface area contributed by atoms with Crippen LogP contribution in [-0.4, -0.2) is 19.1 Å². The van der Waals surface area contributed by atoms with Gasteiger partial charge in [0.15, 0.2) is 0 Å². The second-order valence-corrected chi connectivity index (χ2v) is 5.80. The molecule has 0 spiro atoms. The van der Waals surface area contributed by atoms with Crippen LogP contribution in [0.2, 0.25) is 0 Å². The van der Waals surface area contributed by atoms with Crippen molar-refractivity contribution in [3.05, 3.63) is 78.1 Å². The summed E-state index contributed by atoms with van der Waals surface area (Å²) in [4.78, 5) is 11.9. The summed E-state index contributed by atoms with van der Waals surface area (Å²) in [6, 6.07) is 20.2. The van der Waals surface area contributed by atoms with Gasteiger partial charge in [-0.2, -0.15) is 0 Å². The summed E-state index contributed by atoms with van der Waals surface area (Å²) in [6.45, 7) is 0.863. The van der Waals surface area contributed by atoms with Crippen LogP contribution in [-0.2, 0) is 11.2 Å². The Labute approximate surface area is 146 Å². The molecule has 0 aromatic heterocycles. The summed E-state index contributed by atoms with van der Waals surface area (Å²) in [6.07, 6.45) is 0.968. The monoisotopic (exact) mass is 337 g/mol. The minimum Gasteiger partial charge on any atom is -0.491 e. The normalized spacial score (nSPS) is 10.6. The number of rotatable bonds is 7. The highest BCUT2D eigenvalue weighted by Crippen LogP contribution is 2.24. The van der Waals surface area contributed by atoms with Crippen LogP contribution < -0.4 is 10.1 Å². The number of nitrogens with one attached hydrogen (secondary N) is 1. The molecule has 25 heavy (non-hydrogen) atoms. The molecule has 128 valence electrons. The summed E-state index contributed by atoms with van der Waals surface area (Å²) in [5.41, 5.74) is 0.948. The van der Waals surface area contributed by atoms with Gasteiger partial charge < -0.3 is 10.1 Å². The zero-order chi connectivity index (χ0) is 17.5. The van der Waals surface area contributed by atoms with E-state index in [1.165, 1.54) is 12.1 Å². The van der Waals surface area contributed by atoms with E-state index in [1.807, 2.05) is 42.5 Å². The van der Waals surface area contributed by atoms with E-state index in [0.29, 0.717) is 26.0 Å². The standard InChI is InChI=1S/C21H20FNO2/c22-18-11-8-16(9-12-18)10-13-21(24)23-14-15-25-20-7-3-5-17-4-1-2-6-19(17)20/h1-9,11-12H,10,13-15H2,(H,23,24). The van der Waals surface area contributed by atoms with Crippen molar-refractivity contribution in [3.8, 4) is 5.75 Å². The third-order valence-corrected chi connectivity index (χ3v) is 3.99. The van der Waals surface area contributed by atoms with Crippen molar-refractivity contribution >= 4 is 16.7 Å². The van der Waals surface area contributed by atoms with Crippen molar-refractivity contribution in [2.75, 3.05) is 13.2 Å². The summed E-state index contributed by atoms with van der Waals surface area (Å²) < 4.78 is 18.6. The van der Waals surface area contributed by atoms with E-state index < -0.39 is 0 Å². The number of carbonyl (C=O) groups excluding carboxylic acids is 1. The first kappa shape index (κ1) is 17.0. The molecule has 3 aromatic rings. The van der Waals surface area contributed by atoms with Gasteiger partial charge in [-0.3, -0.25) is 4.79 Å². The van der Waals surface area contributed by atoms with E-state index in [4.69, 9.17) is 4.74 Å². The number of hydrogen-bond acceptors (Lipinski definition) is 2. The maximum Gasteiger partial charge on any atom is 0.220 e. The molecule has 0 aliphatic rings. The van der Waals surface area contributed by atoms with Crippen molar-refractivity contribution in [3.63, 3.8) is 0 Å². The Morgan fingerprint density at radius 1 is 0.960 bits per heavy atom. The molecule has 3 rings (SSSR count). The van der Waals surface area contributed by atoms with Gasteiger partial charge in [0.05, 0.1) is 6.54 Å². The fourth-order valence-corrected chi connectivity index (χ4v) is 2.67. The number of fused-ring (bicyclic) bond motifs is 1. The molecule has 0 heterocycles. The first-order valence-electron chi connectivity index (χ1n) is 8.34. The minimum absolute atomic E-state index is 0.0363. The summed E-state index contributed by atoms with van der Waals surface area (Å²) in [7, 11) is 0. The zero-order valence-electron chi connectivity index (χ0n) is 13.9. The van der Waals surface area contributed by atoms with E-state index in [0.717, 1.165) is 22.1 Å². The maximum absolute atomic E-state index is 12.8. The average molecular weight is 337 g/mol. The molecule has 0 atom stereocenters. The summed E-state index contributed by atoms with van der Waals surface area (Å²) in [5.74, 6) is 0.517. The molecule has 3 nitrogen and oxygen atoms in total. The first-order chi connectivity index (χ1) is 12.2. The van der Waals surface area contributed by atoms with Crippen LogP contribution in [0.3, 0.4) is 0 Å². The molecule has 1 N–H and O–H groups in total. The lowest BCUT2D eigenvalue weighted by molar-refractivity contribution is -0.121. The Bertz CT molecular complexity index is 841. The van der Waals surface area contributed by atoms with E-state index in [1.54, 1.807) is 12.1 Å². The fourth-order valence-electron chi connectivity index (χ4n) is 2.67. The number of hydrogen-bond donors (Lipinski definition) is 1. The molecule has 0 aliphatic heterocycles. The number of amides is 1. The Hall–Kier alpha value is -2.88. The maximum atomic E-state index is 12.8. The van der Waals surface area contributed by atoms with E-state index >= 15 is 0 Å². The molecular weight excluding hydrogens is 317 g/mol. The van der Waals surface area contributed by atoms with Crippen molar-refractivity contribution in [2.45, 2.75) is 12.8 Å². The molecule has 0 aliphatic carbocycles. The van der Waals surface area contributed by atoms with E-state index in [2.05, 4.69) is 5.32 Å². The smallest absolute Gasteiger partial charge is 0.220 e. The predicted octanol–water partition coefficient (Wildman–Crippen LogP) is 4.11. The molecule has 0 fully saturated rings. The summed E-state index contributed by atoms with van der Waals surface area (Å²) >= 11 is 0. The third-order valence-electron chi connectivity index (χ3n) is 3.99. The lowest BCUT2D eigenvalue weighted by Gasteiger charge is -2.10. The van der Waals surface area contributed by atoms with Crippen LogP contribution in [0.1, 0.15) is 12.0 Å². The Kier molecular flexibility index (Phi) is 5.62. The Morgan fingerprint density at radius 3 is 2.56 bits per heavy atom. The van der Waals surface area contributed by atoms with Gasteiger partial charge in [-0.05, 0) is 35.6 Å². The van der Waals surface area contributed by atoms with Crippen molar-refractivity contribution < 1.29 is 13.9 Å². The highest BCUT2D eigenvalue weighted by molar-refractivity contribution is 5.88. The van der Waals surface area contributed by atoms with Crippen LogP contribution in [0.4, 0.5) is 4.39 Å². The van der Waals surface area contributed by atoms with Crippen LogP contribution in [0.5, 0.6) is 5.75 Å². The zero-order valence-corrected chi connectivity index (χ0v) is 13.9. The molecule has 4 heteroatoms. The second kappa shape index (κ2) is 8.29. The molecule has 1 amide bonds. The topological polar surface area (TPSA) is 38.3 Å². The Morgan fingerprint density at radius 2 is 1.72 bits per heavy atom. The van der Waals surface area contributed by atoms with Gasteiger partial charge in [0.2, 0.25) is 5.91 Å². The number of carbonyl (C=O) groups is 1. The van der Waals surface area contributed by atoms with Crippen LogP contribution >= 0.6 is 0 Å². The number of ether oxygens (including phenoxy) is 1. The minimum atomic E-state index is -0.265. The molecule has 3 aromatic carbocycles. The molecule has 0 saturated carbocycles. The van der Waals surface area contributed by atoms with Crippen molar-refractivity contribution in [1.29, 1.82) is 0 Å². The second-order valence-electron chi connectivity index (χ2n) is 5.80. The van der Waals surface area contributed by atoms with Crippen LogP contribution in [0.15, 0.2) is 66.7 Å². The van der Waals surface area contributed by atoms with Gasteiger partial charge in [0, 0.05) is 11.8 Å². The molecular formula is C21H20FNO2. The average Bonchev–Trinajstić information content (AvgIpc) is 2.65. The highest BCUT2D eigenvalue weighted by atomic mass is 19.1. The molecule has 0 bridgehead atoms. The lowest BCUT2D eigenvalue weighted by atomic mass is 10.1. The number of aryl methyl sites for hydroxylation is 1. The quantitative estimate of drug-likeness (QED) is 0.659. The van der Waals surface area contributed by atoms with E-state index in [9.17, 15) is 9.18 Å². The van der Waals surface area contributed by atoms with Gasteiger partial charge >= 0.3 is 0 Å². The van der Waals surface area contributed by atoms with E-state index in [-0.39, 0.29) is 11.7 Å².